The fraction of sp³-hybridized carbons (Fsp3) is 0.545. The Hall–Kier alpha value is -1.18. The Bertz CT molecular complexity index is 477. The molecule has 0 amide bonds. The summed E-state index contributed by atoms with van der Waals surface area (Å²) < 4.78 is 28.5. The van der Waals surface area contributed by atoms with E-state index in [0.717, 1.165) is 19.3 Å². The number of piperidine rings is 1. The molecule has 0 radical (unpaired) electrons. The van der Waals surface area contributed by atoms with Gasteiger partial charge in [0.1, 0.15) is 0 Å². The lowest BCUT2D eigenvalue weighted by Gasteiger charge is -2.33. The minimum atomic E-state index is -3.53. The molecule has 0 aromatic carbocycles. The van der Waals surface area contributed by atoms with E-state index in [0.29, 0.717) is 18.8 Å². The molecule has 1 atom stereocenters. The van der Waals surface area contributed by atoms with Gasteiger partial charge in [-0.3, -0.25) is 9.71 Å². The normalized spacial score (nSPS) is 21.7. The van der Waals surface area contributed by atoms with Gasteiger partial charge in [0.15, 0.2) is 0 Å². The average Bonchev–Trinajstić information content (AvgIpc) is 2.39. The number of anilines is 1. The number of nitrogens with two attached hydrogens (primary N) is 1. The highest BCUT2D eigenvalue weighted by Gasteiger charge is 2.31. The molecule has 0 spiro atoms. The summed E-state index contributed by atoms with van der Waals surface area (Å²) >= 11 is 0. The zero-order valence-electron chi connectivity index (χ0n) is 10.1. The number of pyridine rings is 1. The average molecular weight is 270 g/mol. The summed E-state index contributed by atoms with van der Waals surface area (Å²) in [6, 6.07) is 3.26. The molecule has 1 saturated heterocycles. The van der Waals surface area contributed by atoms with Crippen LogP contribution in [0.5, 0.6) is 0 Å². The highest BCUT2D eigenvalue weighted by molar-refractivity contribution is 7.90. The Morgan fingerprint density at radius 1 is 1.50 bits per heavy atom. The lowest BCUT2D eigenvalue weighted by atomic mass is 10.1. The third-order valence-corrected chi connectivity index (χ3v) is 4.65. The molecule has 6 nitrogen and oxygen atoms in total. The van der Waals surface area contributed by atoms with Crippen LogP contribution in [0.1, 0.15) is 19.3 Å². The number of hydrogen-bond donors (Lipinski definition) is 2. The highest BCUT2D eigenvalue weighted by Crippen LogP contribution is 2.21. The molecule has 2 rings (SSSR count). The molecule has 1 aliphatic heterocycles. The van der Waals surface area contributed by atoms with Gasteiger partial charge in [-0.15, -0.1) is 0 Å². The smallest absolute Gasteiger partial charge is 0.301 e. The molecule has 3 N–H and O–H groups in total. The first-order valence-corrected chi connectivity index (χ1v) is 7.47. The Morgan fingerprint density at radius 3 is 3.00 bits per heavy atom. The second kappa shape index (κ2) is 5.64. The van der Waals surface area contributed by atoms with Crippen LogP contribution in [0.2, 0.25) is 0 Å². The van der Waals surface area contributed by atoms with Crippen LogP contribution in [0.25, 0.3) is 0 Å². The van der Waals surface area contributed by atoms with Crippen molar-refractivity contribution in [3.05, 3.63) is 24.5 Å². The van der Waals surface area contributed by atoms with Gasteiger partial charge in [0.2, 0.25) is 0 Å². The first kappa shape index (κ1) is 13.3. The summed E-state index contributed by atoms with van der Waals surface area (Å²) in [4.78, 5) is 3.88. The first-order valence-electron chi connectivity index (χ1n) is 6.03. The van der Waals surface area contributed by atoms with Gasteiger partial charge in [0, 0.05) is 25.3 Å². The van der Waals surface area contributed by atoms with Crippen LogP contribution in [0.4, 0.5) is 5.69 Å². The molecule has 18 heavy (non-hydrogen) atoms. The standard InChI is InChI=1S/C11H18N4O2S/c12-8-11-5-1-2-7-15(11)18(16,17)14-10-4-3-6-13-9-10/h3-4,6,9,11,14H,1-2,5,7-8,12H2. The van der Waals surface area contributed by atoms with Gasteiger partial charge in [-0.1, -0.05) is 6.42 Å². The van der Waals surface area contributed by atoms with Crippen molar-refractivity contribution in [3.63, 3.8) is 0 Å². The van der Waals surface area contributed by atoms with Crippen molar-refractivity contribution in [1.29, 1.82) is 0 Å². The Kier molecular flexibility index (Phi) is 4.15. The molecule has 1 unspecified atom stereocenters. The molecule has 1 aliphatic rings. The lowest BCUT2D eigenvalue weighted by Crippen LogP contribution is -2.49. The van der Waals surface area contributed by atoms with Gasteiger partial charge in [-0.25, -0.2) is 0 Å². The van der Waals surface area contributed by atoms with Crippen molar-refractivity contribution >= 4 is 15.9 Å². The van der Waals surface area contributed by atoms with E-state index in [-0.39, 0.29) is 6.04 Å². The fourth-order valence-electron chi connectivity index (χ4n) is 2.16. The van der Waals surface area contributed by atoms with E-state index in [1.165, 1.54) is 10.5 Å². The minimum Gasteiger partial charge on any atom is -0.329 e. The van der Waals surface area contributed by atoms with Crippen molar-refractivity contribution in [2.45, 2.75) is 25.3 Å². The summed E-state index contributed by atoms with van der Waals surface area (Å²) in [6.45, 7) is 0.880. The van der Waals surface area contributed by atoms with Gasteiger partial charge < -0.3 is 5.73 Å². The van der Waals surface area contributed by atoms with Gasteiger partial charge in [0.05, 0.1) is 11.9 Å². The maximum absolute atomic E-state index is 12.3. The zero-order valence-corrected chi connectivity index (χ0v) is 10.9. The van der Waals surface area contributed by atoms with Crippen molar-refractivity contribution in [2.75, 3.05) is 17.8 Å². The lowest BCUT2D eigenvalue weighted by molar-refractivity contribution is 0.259. The molecular formula is C11H18N4O2S. The summed E-state index contributed by atoms with van der Waals surface area (Å²) in [5.74, 6) is 0. The molecule has 0 bridgehead atoms. The van der Waals surface area contributed by atoms with Gasteiger partial charge in [-0.05, 0) is 25.0 Å². The fourth-order valence-corrected chi connectivity index (χ4v) is 3.65. The Morgan fingerprint density at radius 2 is 2.33 bits per heavy atom. The van der Waals surface area contributed by atoms with E-state index in [9.17, 15) is 8.42 Å². The summed E-state index contributed by atoms with van der Waals surface area (Å²) in [5.41, 5.74) is 6.11. The third-order valence-electron chi connectivity index (χ3n) is 3.06. The molecular weight excluding hydrogens is 252 g/mol. The van der Waals surface area contributed by atoms with Crippen LogP contribution >= 0.6 is 0 Å². The molecule has 0 saturated carbocycles. The van der Waals surface area contributed by atoms with Crippen LogP contribution in [0.3, 0.4) is 0 Å². The molecule has 7 heteroatoms. The Balaban J connectivity index is 2.14. The minimum absolute atomic E-state index is 0.104. The second-order valence-corrected chi connectivity index (χ2v) is 5.97. The number of nitrogens with one attached hydrogen (secondary N) is 1. The van der Waals surface area contributed by atoms with E-state index in [1.54, 1.807) is 18.3 Å². The van der Waals surface area contributed by atoms with E-state index in [4.69, 9.17) is 5.73 Å². The third kappa shape index (κ3) is 2.98. The van der Waals surface area contributed by atoms with Gasteiger partial charge in [0.25, 0.3) is 0 Å². The van der Waals surface area contributed by atoms with Crippen molar-refractivity contribution in [2.24, 2.45) is 5.73 Å². The molecule has 1 fully saturated rings. The summed E-state index contributed by atoms with van der Waals surface area (Å²) in [6.07, 6.45) is 5.82. The van der Waals surface area contributed by atoms with Crippen LogP contribution < -0.4 is 10.5 Å². The van der Waals surface area contributed by atoms with E-state index < -0.39 is 10.2 Å². The van der Waals surface area contributed by atoms with Crippen LogP contribution in [-0.4, -0.2) is 36.8 Å². The number of aromatic nitrogens is 1. The summed E-state index contributed by atoms with van der Waals surface area (Å²) in [5, 5.41) is 0. The first-order chi connectivity index (χ1) is 8.63. The van der Waals surface area contributed by atoms with Crippen molar-refractivity contribution < 1.29 is 8.42 Å². The number of hydrogen-bond acceptors (Lipinski definition) is 4. The summed E-state index contributed by atoms with van der Waals surface area (Å²) in [7, 11) is -3.53. The maximum Gasteiger partial charge on any atom is 0.301 e. The Labute approximate surface area is 107 Å². The van der Waals surface area contributed by atoms with Crippen molar-refractivity contribution in [1.82, 2.24) is 9.29 Å². The molecule has 1 aromatic heterocycles. The van der Waals surface area contributed by atoms with Gasteiger partial charge >= 0.3 is 10.2 Å². The predicted molar refractivity (Wildman–Crippen MR) is 70.2 cm³/mol. The van der Waals surface area contributed by atoms with E-state index in [1.807, 2.05) is 0 Å². The SMILES string of the molecule is NCC1CCCCN1S(=O)(=O)Nc1cccnc1. The van der Waals surface area contributed by atoms with Gasteiger partial charge in [-0.2, -0.15) is 12.7 Å². The molecule has 100 valence electrons. The zero-order chi connectivity index (χ0) is 13.0. The molecule has 1 aromatic rings. The number of rotatable bonds is 4. The quantitative estimate of drug-likeness (QED) is 0.836. The highest BCUT2D eigenvalue weighted by atomic mass is 32.2. The second-order valence-electron chi connectivity index (χ2n) is 4.34. The largest absolute Gasteiger partial charge is 0.329 e. The monoisotopic (exact) mass is 270 g/mol. The van der Waals surface area contributed by atoms with E-state index >= 15 is 0 Å². The molecule has 0 aliphatic carbocycles. The van der Waals surface area contributed by atoms with Crippen molar-refractivity contribution in [3.8, 4) is 0 Å². The molecule has 2 heterocycles. The van der Waals surface area contributed by atoms with Crippen LogP contribution in [0.15, 0.2) is 24.5 Å². The van der Waals surface area contributed by atoms with Crippen LogP contribution in [-0.2, 0) is 10.2 Å². The predicted octanol–water partition coefficient (Wildman–Crippen LogP) is 0.551. The number of nitrogens with zero attached hydrogens (tertiary/aromatic N) is 2. The van der Waals surface area contributed by atoms with Crippen LogP contribution in [0, 0.1) is 0 Å². The van der Waals surface area contributed by atoms with E-state index in [2.05, 4.69) is 9.71 Å². The topological polar surface area (TPSA) is 88.3 Å². The maximum atomic E-state index is 12.3.